The summed E-state index contributed by atoms with van der Waals surface area (Å²) in [5.41, 5.74) is 2.55. The number of aryl methyl sites for hydroxylation is 2. The van der Waals surface area contributed by atoms with Crippen LogP contribution in [0.25, 0.3) is 0 Å². The van der Waals surface area contributed by atoms with Gasteiger partial charge in [0.1, 0.15) is 0 Å². The fraction of sp³-hybridized carbons (Fsp3) is 0.786. The number of hydrogen-bond donors (Lipinski definition) is 1. The Hall–Kier alpha value is -0.350. The van der Waals surface area contributed by atoms with Gasteiger partial charge in [0.2, 0.25) is 0 Å². The van der Waals surface area contributed by atoms with Crippen molar-refractivity contribution in [3.63, 3.8) is 0 Å². The highest BCUT2D eigenvalue weighted by Gasteiger charge is 2.12. The lowest BCUT2D eigenvalue weighted by atomic mass is 10.1. The lowest BCUT2D eigenvalue weighted by Gasteiger charge is -2.08. The molecule has 18 heavy (non-hydrogen) atoms. The standard InChI is InChI=1S/C14H26BrN3/c1-5-12-14(15)13(18(6-2)17-12)9-7-8-10-16-11(3)4/h11,16H,5-10H2,1-4H3. The molecule has 1 aromatic heterocycles. The van der Waals surface area contributed by atoms with E-state index in [1.165, 1.54) is 28.7 Å². The van der Waals surface area contributed by atoms with E-state index in [0.29, 0.717) is 6.04 Å². The number of rotatable bonds is 8. The molecule has 0 amide bonds. The lowest BCUT2D eigenvalue weighted by Crippen LogP contribution is -2.23. The second kappa shape index (κ2) is 7.95. The molecule has 1 heterocycles. The molecule has 1 rings (SSSR count). The van der Waals surface area contributed by atoms with Gasteiger partial charge < -0.3 is 5.32 Å². The number of nitrogens with zero attached hydrogens (tertiary/aromatic N) is 2. The minimum absolute atomic E-state index is 0.588. The summed E-state index contributed by atoms with van der Waals surface area (Å²) in [5, 5.41) is 8.09. The second-order valence-electron chi connectivity index (χ2n) is 4.94. The first-order chi connectivity index (χ1) is 8.60. The zero-order chi connectivity index (χ0) is 13.5. The van der Waals surface area contributed by atoms with Gasteiger partial charge in [0.25, 0.3) is 0 Å². The van der Waals surface area contributed by atoms with Gasteiger partial charge in [0.15, 0.2) is 0 Å². The summed E-state index contributed by atoms with van der Waals surface area (Å²) >= 11 is 3.70. The predicted octanol–water partition coefficient (Wildman–Crippen LogP) is 3.55. The Morgan fingerprint density at radius 2 is 2.00 bits per heavy atom. The molecule has 0 aliphatic rings. The number of hydrogen-bond acceptors (Lipinski definition) is 2. The smallest absolute Gasteiger partial charge is 0.0766 e. The van der Waals surface area contributed by atoms with Crippen LogP contribution in [-0.4, -0.2) is 22.4 Å². The minimum atomic E-state index is 0.588. The van der Waals surface area contributed by atoms with E-state index in [9.17, 15) is 0 Å². The molecule has 0 fully saturated rings. The van der Waals surface area contributed by atoms with Gasteiger partial charge in [0, 0.05) is 12.6 Å². The Balaban J connectivity index is 2.48. The van der Waals surface area contributed by atoms with Gasteiger partial charge in [-0.25, -0.2) is 0 Å². The number of nitrogens with one attached hydrogen (secondary N) is 1. The molecule has 3 nitrogen and oxygen atoms in total. The molecular weight excluding hydrogens is 290 g/mol. The van der Waals surface area contributed by atoms with Crippen molar-refractivity contribution in [2.45, 2.75) is 66.0 Å². The number of unbranched alkanes of at least 4 members (excludes halogenated alkanes) is 1. The average Bonchev–Trinajstić information content (AvgIpc) is 2.65. The summed E-state index contributed by atoms with van der Waals surface area (Å²) in [7, 11) is 0. The minimum Gasteiger partial charge on any atom is -0.315 e. The summed E-state index contributed by atoms with van der Waals surface area (Å²) in [4.78, 5) is 0. The van der Waals surface area contributed by atoms with Crippen molar-refractivity contribution in [1.82, 2.24) is 15.1 Å². The zero-order valence-electron chi connectivity index (χ0n) is 12.1. The van der Waals surface area contributed by atoms with Gasteiger partial charge in [-0.1, -0.05) is 20.8 Å². The molecule has 0 radical (unpaired) electrons. The molecule has 1 aromatic rings. The molecule has 0 aromatic carbocycles. The first kappa shape index (κ1) is 15.7. The molecule has 0 aliphatic heterocycles. The largest absolute Gasteiger partial charge is 0.315 e. The summed E-state index contributed by atoms with van der Waals surface area (Å²) in [5.74, 6) is 0. The first-order valence-electron chi connectivity index (χ1n) is 7.07. The average molecular weight is 316 g/mol. The van der Waals surface area contributed by atoms with Crippen molar-refractivity contribution in [2.75, 3.05) is 6.54 Å². The third kappa shape index (κ3) is 4.39. The fourth-order valence-corrected chi connectivity index (χ4v) is 2.83. The number of aromatic nitrogens is 2. The highest BCUT2D eigenvalue weighted by molar-refractivity contribution is 9.10. The Morgan fingerprint density at radius 3 is 2.56 bits per heavy atom. The third-order valence-electron chi connectivity index (χ3n) is 3.09. The highest BCUT2D eigenvalue weighted by atomic mass is 79.9. The topological polar surface area (TPSA) is 29.9 Å². The van der Waals surface area contributed by atoms with Gasteiger partial charge in [-0.05, 0) is 55.1 Å². The molecule has 0 saturated heterocycles. The van der Waals surface area contributed by atoms with Crippen LogP contribution in [0, 0.1) is 0 Å². The maximum absolute atomic E-state index is 4.63. The fourth-order valence-electron chi connectivity index (χ4n) is 2.06. The Morgan fingerprint density at radius 1 is 1.28 bits per heavy atom. The second-order valence-corrected chi connectivity index (χ2v) is 5.74. The molecule has 0 saturated carbocycles. The summed E-state index contributed by atoms with van der Waals surface area (Å²) in [6.45, 7) is 10.8. The van der Waals surface area contributed by atoms with Crippen molar-refractivity contribution < 1.29 is 0 Å². The van der Waals surface area contributed by atoms with Crippen LogP contribution in [-0.2, 0) is 19.4 Å². The molecule has 0 spiro atoms. The first-order valence-corrected chi connectivity index (χ1v) is 7.86. The van der Waals surface area contributed by atoms with Crippen LogP contribution < -0.4 is 5.32 Å². The van der Waals surface area contributed by atoms with E-state index >= 15 is 0 Å². The van der Waals surface area contributed by atoms with Gasteiger partial charge in [0.05, 0.1) is 15.9 Å². The summed E-state index contributed by atoms with van der Waals surface area (Å²) < 4.78 is 3.36. The highest BCUT2D eigenvalue weighted by Crippen LogP contribution is 2.23. The van der Waals surface area contributed by atoms with Gasteiger partial charge in [-0.3, -0.25) is 4.68 Å². The van der Waals surface area contributed by atoms with E-state index in [2.05, 4.69) is 58.7 Å². The molecule has 104 valence electrons. The monoisotopic (exact) mass is 315 g/mol. The molecule has 0 bridgehead atoms. The van der Waals surface area contributed by atoms with Crippen LogP contribution in [0.3, 0.4) is 0 Å². The zero-order valence-corrected chi connectivity index (χ0v) is 13.7. The molecule has 4 heteroatoms. The van der Waals surface area contributed by atoms with Crippen molar-refractivity contribution in [1.29, 1.82) is 0 Å². The summed E-state index contributed by atoms with van der Waals surface area (Å²) in [6.07, 6.45) is 4.55. The Kier molecular flexibility index (Phi) is 6.94. The van der Waals surface area contributed by atoms with Crippen LogP contribution in [0.2, 0.25) is 0 Å². The normalized spacial score (nSPS) is 11.4. The molecule has 0 unspecified atom stereocenters. The van der Waals surface area contributed by atoms with Crippen molar-refractivity contribution in [3.8, 4) is 0 Å². The van der Waals surface area contributed by atoms with Crippen LogP contribution in [0.4, 0.5) is 0 Å². The van der Waals surface area contributed by atoms with Crippen LogP contribution in [0.15, 0.2) is 4.47 Å². The third-order valence-corrected chi connectivity index (χ3v) is 4.00. The predicted molar refractivity (Wildman–Crippen MR) is 81.1 cm³/mol. The van der Waals surface area contributed by atoms with Gasteiger partial charge in [-0.15, -0.1) is 0 Å². The quantitative estimate of drug-likeness (QED) is 0.743. The Bertz CT molecular complexity index is 358. The van der Waals surface area contributed by atoms with E-state index in [0.717, 1.165) is 25.9 Å². The maximum Gasteiger partial charge on any atom is 0.0766 e. The number of halogens is 1. The van der Waals surface area contributed by atoms with Crippen molar-refractivity contribution >= 4 is 15.9 Å². The van der Waals surface area contributed by atoms with Crippen LogP contribution in [0.1, 0.15) is 51.9 Å². The van der Waals surface area contributed by atoms with Gasteiger partial charge >= 0.3 is 0 Å². The molecule has 0 aliphatic carbocycles. The van der Waals surface area contributed by atoms with E-state index < -0.39 is 0 Å². The van der Waals surface area contributed by atoms with E-state index in [1.807, 2.05) is 0 Å². The Labute approximate surface area is 119 Å². The SMILES string of the molecule is CCc1nn(CC)c(CCCCNC(C)C)c1Br. The molecule has 1 N–H and O–H groups in total. The van der Waals surface area contributed by atoms with Gasteiger partial charge in [-0.2, -0.15) is 5.10 Å². The van der Waals surface area contributed by atoms with Crippen LogP contribution in [0.5, 0.6) is 0 Å². The van der Waals surface area contributed by atoms with Crippen molar-refractivity contribution in [3.05, 3.63) is 15.9 Å². The van der Waals surface area contributed by atoms with Crippen LogP contribution >= 0.6 is 15.9 Å². The maximum atomic E-state index is 4.63. The lowest BCUT2D eigenvalue weighted by molar-refractivity contribution is 0.545. The summed E-state index contributed by atoms with van der Waals surface area (Å²) in [6, 6.07) is 0.588. The molecular formula is C14H26BrN3. The van der Waals surface area contributed by atoms with E-state index in [4.69, 9.17) is 0 Å². The van der Waals surface area contributed by atoms with E-state index in [1.54, 1.807) is 0 Å². The van der Waals surface area contributed by atoms with Crippen molar-refractivity contribution in [2.24, 2.45) is 0 Å². The van der Waals surface area contributed by atoms with E-state index in [-0.39, 0.29) is 0 Å². The molecule has 0 atom stereocenters.